The summed E-state index contributed by atoms with van der Waals surface area (Å²) in [5, 5.41) is 9.52. The Hall–Kier alpha value is -0.610. The quantitative estimate of drug-likeness (QED) is 0.811. The molecule has 0 aromatic heterocycles. The van der Waals surface area contributed by atoms with E-state index in [1.807, 2.05) is 0 Å². The smallest absolute Gasteiger partial charge is 0.237 e. The van der Waals surface area contributed by atoms with Crippen LogP contribution in [0.15, 0.2) is 0 Å². The lowest BCUT2D eigenvalue weighted by atomic mass is 10.2. The molecule has 4 heteroatoms. The lowest BCUT2D eigenvalue weighted by Crippen LogP contribution is -2.45. The molecule has 1 N–H and O–H groups in total. The molecule has 0 radical (unpaired) electrons. The minimum atomic E-state index is -0.223. The summed E-state index contributed by atoms with van der Waals surface area (Å²) in [5.74, 6) is 0.304. The largest absolute Gasteiger partial charge is 0.392 e. The van der Waals surface area contributed by atoms with E-state index in [9.17, 15) is 9.90 Å². The number of nitrogens with zero attached hydrogens (tertiary/aromatic N) is 2. The van der Waals surface area contributed by atoms with E-state index in [1.165, 1.54) is 38.5 Å². The van der Waals surface area contributed by atoms with Gasteiger partial charge < -0.3 is 10.0 Å². The zero-order valence-corrected chi connectivity index (χ0v) is 11.1. The molecule has 1 aliphatic heterocycles. The Labute approximate surface area is 109 Å². The number of rotatable bonds is 4. The molecule has 3 fully saturated rings. The van der Waals surface area contributed by atoms with Crippen LogP contribution in [0, 0.1) is 0 Å². The third kappa shape index (κ3) is 2.69. The summed E-state index contributed by atoms with van der Waals surface area (Å²) in [6.45, 7) is 2.06. The van der Waals surface area contributed by atoms with E-state index >= 15 is 0 Å². The van der Waals surface area contributed by atoms with Crippen molar-refractivity contribution in [2.24, 2.45) is 0 Å². The second kappa shape index (κ2) is 5.17. The van der Waals surface area contributed by atoms with Crippen LogP contribution in [0.1, 0.15) is 44.9 Å². The van der Waals surface area contributed by atoms with Gasteiger partial charge in [0.25, 0.3) is 0 Å². The van der Waals surface area contributed by atoms with Crippen LogP contribution >= 0.6 is 0 Å². The highest BCUT2D eigenvalue weighted by Gasteiger charge is 2.39. The average Bonchev–Trinajstić information content (AvgIpc) is 2.85. The normalized spacial score (nSPS) is 29.9. The van der Waals surface area contributed by atoms with E-state index in [-0.39, 0.29) is 6.10 Å². The fraction of sp³-hybridized carbons (Fsp3) is 0.929. The van der Waals surface area contributed by atoms with E-state index in [0.717, 1.165) is 13.0 Å². The van der Waals surface area contributed by atoms with Gasteiger partial charge in [0, 0.05) is 25.2 Å². The summed E-state index contributed by atoms with van der Waals surface area (Å²) in [7, 11) is 0. The molecule has 18 heavy (non-hydrogen) atoms. The van der Waals surface area contributed by atoms with Crippen molar-refractivity contribution in [2.75, 3.05) is 19.6 Å². The molecule has 2 aliphatic carbocycles. The highest BCUT2D eigenvalue weighted by molar-refractivity contribution is 5.79. The lowest BCUT2D eigenvalue weighted by Gasteiger charge is -2.30. The van der Waals surface area contributed by atoms with Gasteiger partial charge in [0.05, 0.1) is 12.6 Å². The van der Waals surface area contributed by atoms with Crippen molar-refractivity contribution < 1.29 is 9.90 Å². The van der Waals surface area contributed by atoms with Gasteiger partial charge in [-0.1, -0.05) is 12.8 Å². The summed E-state index contributed by atoms with van der Waals surface area (Å²) in [6, 6.07) is 1.05. The van der Waals surface area contributed by atoms with Gasteiger partial charge in [-0.05, 0) is 32.1 Å². The molecule has 3 rings (SSSR count). The third-order valence-electron chi connectivity index (χ3n) is 4.55. The number of likely N-dealkylation sites (tertiary alicyclic amines) is 1. The third-order valence-corrected chi connectivity index (χ3v) is 4.55. The van der Waals surface area contributed by atoms with E-state index in [4.69, 9.17) is 0 Å². The Balaban J connectivity index is 1.57. The second-order valence-corrected chi connectivity index (χ2v) is 6.15. The number of aliphatic hydroxyl groups is 1. The van der Waals surface area contributed by atoms with Crippen LogP contribution in [0.2, 0.25) is 0 Å². The highest BCUT2D eigenvalue weighted by atomic mass is 16.3. The molecule has 0 aromatic rings. The average molecular weight is 252 g/mol. The molecule has 0 aromatic carbocycles. The Morgan fingerprint density at radius 3 is 2.33 bits per heavy atom. The van der Waals surface area contributed by atoms with Crippen LogP contribution in [-0.4, -0.2) is 58.6 Å². The maximum Gasteiger partial charge on any atom is 0.237 e. The SMILES string of the molecule is O=C(CN1CC[C@H](O)C1)N(C1CCCC1)C1CC1. The monoisotopic (exact) mass is 252 g/mol. The van der Waals surface area contributed by atoms with Crippen molar-refractivity contribution in [3.05, 3.63) is 0 Å². The molecule has 0 spiro atoms. The maximum atomic E-state index is 12.5. The summed E-state index contributed by atoms with van der Waals surface area (Å²) < 4.78 is 0. The van der Waals surface area contributed by atoms with Crippen molar-refractivity contribution in [3.8, 4) is 0 Å². The first-order valence-electron chi connectivity index (χ1n) is 7.45. The van der Waals surface area contributed by atoms with E-state index in [2.05, 4.69) is 9.80 Å². The van der Waals surface area contributed by atoms with Crippen LogP contribution in [0.25, 0.3) is 0 Å². The van der Waals surface area contributed by atoms with Gasteiger partial charge in [0.2, 0.25) is 5.91 Å². The molecule has 3 aliphatic rings. The van der Waals surface area contributed by atoms with Crippen molar-refractivity contribution in [3.63, 3.8) is 0 Å². The predicted molar refractivity (Wildman–Crippen MR) is 69.2 cm³/mol. The Morgan fingerprint density at radius 2 is 1.78 bits per heavy atom. The summed E-state index contributed by atoms with van der Waals surface area (Å²) in [6.07, 6.45) is 7.96. The number of hydrogen-bond acceptors (Lipinski definition) is 3. The van der Waals surface area contributed by atoms with Gasteiger partial charge in [-0.3, -0.25) is 9.69 Å². The van der Waals surface area contributed by atoms with Crippen LogP contribution in [0.4, 0.5) is 0 Å². The zero-order valence-electron chi connectivity index (χ0n) is 11.1. The van der Waals surface area contributed by atoms with Gasteiger partial charge in [0.1, 0.15) is 0 Å². The fourth-order valence-electron chi connectivity index (χ4n) is 3.47. The number of carbonyl (C=O) groups excluding carboxylic acids is 1. The Kier molecular flexibility index (Phi) is 3.57. The van der Waals surface area contributed by atoms with Gasteiger partial charge >= 0.3 is 0 Å². The van der Waals surface area contributed by atoms with Crippen molar-refractivity contribution in [2.45, 2.75) is 63.1 Å². The minimum Gasteiger partial charge on any atom is -0.392 e. The second-order valence-electron chi connectivity index (χ2n) is 6.15. The maximum absolute atomic E-state index is 12.5. The zero-order chi connectivity index (χ0) is 12.5. The standard InChI is InChI=1S/C14H24N2O2/c17-13-7-8-15(9-13)10-14(18)16(12-5-6-12)11-3-1-2-4-11/h11-13,17H,1-10H2/t13-/m0/s1. The highest BCUT2D eigenvalue weighted by Crippen LogP contribution is 2.34. The molecule has 1 atom stereocenters. The molecule has 0 bridgehead atoms. The molecule has 102 valence electrons. The van der Waals surface area contributed by atoms with Crippen LogP contribution in [-0.2, 0) is 4.79 Å². The molecular formula is C14H24N2O2. The van der Waals surface area contributed by atoms with Crippen molar-refractivity contribution in [1.29, 1.82) is 0 Å². The van der Waals surface area contributed by atoms with E-state index in [1.54, 1.807) is 0 Å². The summed E-state index contributed by atoms with van der Waals surface area (Å²) in [4.78, 5) is 16.8. The molecule has 1 saturated heterocycles. The van der Waals surface area contributed by atoms with Gasteiger partial charge in [-0.2, -0.15) is 0 Å². The first kappa shape index (κ1) is 12.4. The van der Waals surface area contributed by atoms with Crippen molar-refractivity contribution >= 4 is 5.91 Å². The first-order chi connectivity index (χ1) is 8.74. The summed E-state index contributed by atoms with van der Waals surface area (Å²) in [5.41, 5.74) is 0. The number of carbonyl (C=O) groups is 1. The van der Waals surface area contributed by atoms with Crippen molar-refractivity contribution in [1.82, 2.24) is 9.80 Å². The van der Waals surface area contributed by atoms with E-state index in [0.29, 0.717) is 31.1 Å². The number of amides is 1. The van der Waals surface area contributed by atoms with Gasteiger partial charge in [0.15, 0.2) is 0 Å². The lowest BCUT2D eigenvalue weighted by molar-refractivity contribution is -0.135. The summed E-state index contributed by atoms with van der Waals surface area (Å²) >= 11 is 0. The number of β-amino-alcohol motifs (C(OH)–C–C–N with tert-alkyl or cyclic N) is 1. The molecule has 4 nitrogen and oxygen atoms in total. The molecule has 2 saturated carbocycles. The minimum absolute atomic E-state index is 0.223. The van der Waals surface area contributed by atoms with Crippen LogP contribution in [0.3, 0.4) is 0 Å². The van der Waals surface area contributed by atoms with Crippen LogP contribution < -0.4 is 0 Å². The van der Waals surface area contributed by atoms with Gasteiger partial charge in [-0.25, -0.2) is 0 Å². The van der Waals surface area contributed by atoms with Crippen LogP contribution in [0.5, 0.6) is 0 Å². The Bertz CT molecular complexity index is 311. The first-order valence-corrected chi connectivity index (χ1v) is 7.45. The number of aliphatic hydroxyl groups excluding tert-OH is 1. The molecule has 0 unspecified atom stereocenters. The topological polar surface area (TPSA) is 43.8 Å². The molecule has 1 amide bonds. The molecule has 1 heterocycles. The van der Waals surface area contributed by atoms with Gasteiger partial charge in [-0.15, -0.1) is 0 Å². The fourth-order valence-corrected chi connectivity index (χ4v) is 3.47. The molecular weight excluding hydrogens is 228 g/mol. The number of hydrogen-bond donors (Lipinski definition) is 1. The Morgan fingerprint density at radius 1 is 1.11 bits per heavy atom. The predicted octanol–water partition coefficient (Wildman–Crippen LogP) is 0.987. The van der Waals surface area contributed by atoms with E-state index < -0.39 is 0 Å².